The van der Waals surface area contributed by atoms with E-state index in [1.165, 1.54) is 0 Å². The molecule has 20 heavy (non-hydrogen) atoms. The molecule has 2 rings (SSSR count). The van der Waals surface area contributed by atoms with Gasteiger partial charge in [0.05, 0.1) is 29.0 Å². The van der Waals surface area contributed by atoms with E-state index in [9.17, 15) is 0 Å². The minimum Gasteiger partial charge on any atom is -0.497 e. The van der Waals surface area contributed by atoms with Gasteiger partial charge in [-0.2, -0.15) is 0 Å². The molecule has 0 atom stereocenters. The highest BCUT2D eigenvalue weighted by molar-refractivity contribution is 14.1. The van der Waals surface area contributed by atoms with Gasteiger partial charge < -0.3 is 15.2 Å². The van der Waals surface area contributed by atoms with Gasteiger partial charge in [-0.1, -0.05) is 6.92 Å². The van der Waals surface area contributed by atoms with Crippen molar-refractivity contribution >= 4 is 28.4 Å². The fourth-order valence-corrected chi connectivity index (χ4v) is 2.48. The third-order valence-corrected chi connectivity index (χ3v) is 4.10. The summed E-state index contributed by atoms with van der Waals surface area (Å²) in [5.74, 6) is 2.45. The summed E-state index contributed by atoms with van der Waals surface area (Å²) in [4.78, 5) is 8.93. The molecule has 6 heteroatoms. The zero-order valence-electron chi connectivity index (χ0n) is 11.6. The third-order valence-electron chi connectivity index (χ3n) is 2.93. The van der Waals surface area contributed by atoms with E-state index in [2.05, 4.69) is 32.6 Å². The van der Waals surface area contributed by atoms with Crippen molar-refractivity contribution < 1.29 is 9.47 Å². The Hall–Kier alpha value is -1.57. The Morgan fingerprint density at radius 2 is 1.95 bits per heavy atom. The lowest BCUT2D eigenvalue weighted by Crippen LogP contribution is -2.05. The molecule has 1 aromatic heterocycles. The monoisotopic (exact) mass is 385 g/mol. The fourth-order valence-electron chi connectivity index (χ4n) is 1.86. The number of ether oxygens (including phenoxy) is 2. The number of anilines is 1. The molecule has 5 nitrogen and oxygen atoms in total. The van der Waals surface area contributed by atoms with E-state index in [0.29, 0.717) is 17.4 Å². The molecular weight excluding hydrogens is 369 g/mol. The highest BCUT2D eigenvalue weighted by Crippen LogP contribution is 2.32. The van der Waals surface area contributed by atoms with E-state index in [1.54, 1.807) is 14.2 Å². The van der Waals surface area contributed by atoms with Crippen molar-refractivity contribution in [1.29, 1.82) is 0 Å². The summed E-state index contributed by atoms with van der Waals surface area (Å²) in [5.41, 5.74) is 7.66. The molecule has 0 saturated heterocycles. The predicted molar refractivity (Wildman–Crippen MR) is 87.1 cm³/mol. The van der Waals surface area contributed by atoms with E-state index in [0.717, 1.165) is 27.0 Å². The number of aromatic nitrogens is 2. The Bertz CT molecular complexity index is 632. The maximum absolute atomic E-state index is 5.97. The normalized spacial score (nSPS) is 10.4. The standard InChI is InChI=1S/C14H16IN3O2/c1-4-10-12(15)13(16)18-14(17-10)9-7-8(19-2)5-6-11(9)20-3/h5-7H,4H2,1-3H3,(H2,16,17,18). The molecule has 106 valence electrons. The SMILES string of the molecule is CCc1nc(-c2cc(OC)ccc2OC)nc(N)c1I. The molecule has 0 aliphatic carbocycles. The molecule has 1 aromatic carbocycles. The van der Waals surface area contributed by atoms with Crippen LogP contribution in [0.2, 0.25) is 0 Å². The van der Waals surface area contributed by atoms with Crippen LogP contribution in [0.5, 0.6) is 11.5 Å². The molecule has 0 spiro atoms. The first kappa shape index (κ1) is 14.8. The third kappa shape index (κ3) is 2.79. The lowest BCUT2D eigenvalue weighted by Gasteiger charge is -2.12. The molecule has 2 aromatic rings. The Balaban J connectivity index is 2.63. The molecule has 0 aliphatic rings. The zero-order valence-corrected chi connectivity index (χ0v) is 13.8. The van der Waals surface area contributed by atoms with Gasteiger partial charge in [0, 0.05) is 0 Å². The summed E-state index contributed by atoms with van der Waals surface area (Å²) in [6.07, 6.45) is 0.796. The van der Waals surface area contributed by atoms with Gasteiger partial charge >= 0.3 is 0 Å². The Labute approximate surface area is 131 Å². The number of rotatable bonds is 4. The van der Waals surface area contributed by atoms with E-state index in [1.807, 2.05) is 25.1 Å². The van der Waals surface area contributed by atoms with E-state index in [4.69, 9.17) is 15.2 Å². The van der Waals surface area contributed by atoms with Crippen LogP contribution in [0.25, 0.3) is 11.4 Å². The maximum Gasteiger partial charge on any atom is 0.165 e. The Kier molecular flexibility index (Phi) is 4.64. The second-order valence-electron chi connectivity index (χ2n) is 4.11. The number of aryl methyl sites for hydroxylation is 1. The lowest BCUT2D eigenvalue weighted by molar-refractivity contribution is 0.404. The second-order valence-corrected chi connectivity index (χ2v) is 5.19. The van der Waals surface area contributed by atoms with Crippen LogP contribution >= 0.6 is 22.6 Å². The lowest BCUT2D eigenvalue weighted by atomic mass is 10.1. The molecule has 0 bridgehead atoms. The first-order chi connectivity index (χ1) is 9.60. The number of benzene rings is 1. The number of hydrogen-bond acceptors (Lipinski definition) is 5. The highest BCUT2D eigenvalue weighted by Gasteiger charge is 2.14. The first-order valence-electron chi connectivity index (χ1n) is 6.15. The molecule has 0 saturated carbocycles. The van der Waals surface area contributed by atoms with Crippen molar-refractivity contribution in [2.45, 2.75) is 13.3 Å². The summed E-state index contributed by atoms with van der Waals surface area (Å²) in [7, 11) is 3.23. The number of methoxy groups -OCH3 is 2. The van der Waals surface area contributed by atoms with Gasteiger partial charge in [0.2, 0.25) is 0 Å². The van der Waals surface area contributed by atoms with Gasteiger partial charge in [0.25, 0.3) is 0 Å². The average molecular weight is 385 g/mol. The number of hydrogen-bond donors (Lipinski definition) is 1. The summed E-state index contributed by atoms with van der Waals surface area (Å²) in [6.45, 7) is 2.04. The summed E-state index contributed by atoms with van der Waals surface area (Å²) in [6, 6.07) is 5.51. The maximum atomic E-state index is 5.97. The van der Waals surface area contributed by atoms with Crippen molar-refractivity contribution in [2.75, 3.05) is 20.0 Å². The van der Waals surface area contributed by atoms with E-state index < -0.39 is 0 Å². The number of halogens is 1. The van der Waals surface area contributed by atoms with Crippen molar-refractivity contribution in [3.05, 3.63) is 27.5 Å². The van der Waals surface area contributed by atoms with Crippen molar-refractivity contribution in [2.24, 2.45) is 0 Å². The molecule has 0 unspecified atom stereocenters. The van der Waals surface area contributed by atoms with Crippen molar-refractivity contribution in [1.82, 2.24) is 9.97 Å². The van der Waals surface area contributed by atoms with Crippen LogP contribution < -0.4 is 15.2 Å². The number of nitrogens with two attached hydrogens (primary N) is 1. The van der Waals surface area contributed by atoms with E-state index in [-0.39, 0.29) is 0 Å². The number of nitrogens with zero attached hydrogens (tertiary/aromatic N) is 2. The van der Waals surface area contributed by atoms with Gasteiger partial charge in [-0.15, -0.1) is 0 Å². The Morgan fingerprint density at radius 3 is 2.55 bits per heavy atom. The van der Waals surface area contributed by atoms with E-state index >= 15 is 0 Å². The quantitative estimate of drug-likeness (QED) is 0.820. The van der Waals surface area contributed by atoms with Gasteiger partial charge in [0.1, 0.15) is 17.3 Å². The predicted octanol–water partition coefficient (Wildman–Crippen LogP) is 2.91. The molecule has 2 N–H and O–H groups in total. The largest absolute Gasteiger partial charge is 0.497 e. The van der Waals surface area contributed by atoms with Crippen LogP contribution in [0.1, 0.15) is 12.6 Å². The van der Waals surface area contributed by atoms with Crippen molar-refractivity contribution in [3.63, 3.8) is 0 Å². The number of nitrogen functional groups attached to an aromatic ring is 1. The molecule has 0 amide bonds. The molecule has 0 aliphatic heterocycles. The van der Waals surface area contributed by atoms with Gasteiger partial charge in [-0.3, -0.25) is 0 Å². The van der Waals surface area contributed by atoms with Crippen LogP contribution in [0, 0.1) is 3.57 Å². The second kappa shape index (κ2) is 6.25. The molecule has 0 fully saturated rings. The summed E-state index contributed by atoms with van der Waals surface area (Å²) < 4.78 is 11.5. The van der Waals surface area contributed by atoms with Crippen LogP contribution in [0.15, 0.2) is 18.2 Å². The molecule has 0 radical (unpaired) electrons. The summed E-state index contributed by atoms with van der Waals surface area (Å²) >= 11 is 2.17. The fraction of sp³-hybridized carbons (Fsp3) is 0.286. The highest BCUT2D eigenvalue weighted by atomic mass is 127. The van der Waals surface area contributed by atoms with Gasteiger partial charge in [-0.05, 0) is 47.2 Å². The van der Waals surface area contributed by atoms with Crippen LogP contribution in [0.3, 0.4) is 0 Å². The average Bonchev–Trinajstić information content (AvgIpc) is 2.49. The van der Waals surface area contributed by atoms with Crippen molar-refractivity contribution in [3.8, 4) is 22.9 Å². The minimum atomic E-state index is 0.484. The zero-order chi connectivity index (χ0) is 14.7. The minimum absolute atomic E-state index is 0.484. The Morgan fingerprint density at radius 1 is 1.20 bits per heavy atom. The van der Waals surface area contributed by atoms with Crippen LogP contribution in [-0.2, 0) is 6.42 Å². The smallest absolute Gasteiger partial charge is 0.165 e. The first-order valence-corrected chi connectivity index (χ1v) is 7.22. The molecule has 1 heterocycles. The van der Waals surface area contributed by atoms with Gasteiger partial charge in [0.15, 0.2) is 5.82 Å². The van der Waals surface area contributed by atoms with Crippen LogP contribution in [0.4, 0.5) is 5.82 Å². The van der Waals surface area contributed by atoms with Crippen LogP contribution in [-0.4, -0.2) is 24.2 Å². The summed E-state index contributed by atoms with van der Waals surface area (Å²) in [5, 5.41) is 0. The van der Waals surface area contributed by atoms with Gasteiger partial charge in [-0.25, -0.2) is 9.97 Å². The topological polar surface area (TPSA) is 70.3 Å². The molecular formula is C14H16IN3O2.